The van der Waals surface area contributed by atoms with E-state index in [1.807, 2.05) is 44.2 Å². The van der Waals surface area contributed by atoms with Gasteiger partial charge in [-0.3, -0.25) is 4.90 Å². The van der Waals surface area contributed by atoms with Gasteiger partial charge < -0.3 is 20.5 Å². The normalized spacial score (nSPS) is 16.1. The van der Waals surface area contributed by atoms with Crippen LogP contribution in [0.25, 0.3) is 0 Å². The Morgan fingerprint density at radius 1 is 1.14 bits per heavy atom. The van der Waals surface area contributed by atoms with Crippen LogP contribution in [0, 0.1) is 0 Å². The lowest BCUT2D eigenvalue weighted by Crippen LogP contribution is -2.36. The molecule has 0 aromatic heterocycles. The minimum absolute atomic E-state index is 0.0517. The second kappa shape index (κ2) is 17.9. The van der Waals surface area contributed by atoms with Crippen LogP contribution in [0.1, 0.15) is 33.1 Å². The first-order chi connectivity index (χ1) is 14.1. The third-order valence-electron chi connectivity index (χ3n) is 4.23. The molecule has 2 aliphatic heterocycles. The predicted octanol–water partition coefficient (Wildman–Crippen LogP) is 3.82. The van der Waals surface area contributed by atoms with Crippen LogP contribution < -0.4 is 10.6 Å². The Bertz CT molecular complexity index is 535. The minimum Gasteiger partial charge on any atom is -0.447 e. The van der Waals surface area contributed by atoms with Gasteiger partial charge in [0.15, 0.2) is 0 Å². The molecule has 2 fully saturated rings. The van der Waals surface area contributed by atoms with E-state index in [1.165, 1.54) is 0 Å². The Morgan fingerprint density at radius 3 is 2.17 bits per heavy atom. The number of rotatable bonds is 5. The molecule has 0 saturated carbocycles. The van der Waals surface area contributed by atoms with Crippen molar-refractivity contribution in [3.05, 3.63) is 55.6 Å². The zero-order valence-electron chi connectivity index (χ0n) is 18.1. The molecular weight excluding hydrogens is 366 g/mol. The number of nitrogens with zero attached hydrogens (tertiary/aromatic N) is 2. The zero-order chi connectivity index (χ0) is 21.9. The third-order valence-corrected chi connectivity index (χ3v) is 4.23. The van der Waals surface area contributed by atoms with E-state index in [4.69, 9.17) is 10.5 Å². The fraction of sp³-hybridized carbons (Fsp3) is 0.522. The Labute approximate surface area is 176 Å². The van der Waals surface area contributed by atoms with Gasteiger partial charge in [-0.1, -0.05) is 57.4 Å². The van der Waals surface area contributed by atoms with E-state index >= 15 is 0 Å². The number of anilines is 1. The monoisotopic (exact) mass is 405 g/mol. The summed E-state index contributed by atoms with van der Waals surface area (Å²) in [5.41, 5.74) is 6.30. The number of piperidine rings is 1. The van der Waals surface area contributed by atoms with Crippen molar-refractivity contribution in [3.63, 3.8) is 0 Å². The van der Waals surface area contributed by atoms with Crippen LogP contribution in [0.2, 0.25) is 0 Å². The summed E-state index contributed by atoms with van der Waals surface area (Å²) in [6.45, 7) is 15.8. The first-order valence-electron chi connectivity index (χ1n) is 10.5. The molecule has 6 nitrogen and oxygen atoms in total. The molecular formula is C23H39N3O3. The molecule has 6 heteroatoms. The SMILES string of the molecule is C=CC=C.CC.NCCCN1CCC(O)CC1.O=C1OCCN1c1ccccc1. The lowest BCUT2D eigenvalue weighted by Gasteiger charge is -2.29. The van der Waals surface area contributed by atoms with Gasteiger partial charge in [0.2, 0.25) is 0 Å². The van der Waals surface area contributed by atoms with Gasteiger partial charge in [0.1, 0.15) is 6.61 Å². The summed E-state index contributed by atoms with van der Waals surface area (Å²) in [7, 11) is 0. The van der Waals surface area contributed by atoms with Crippen LogP contribution in [0.5, 0.6) is 0 Å². The second-order valence-corrected chi connectivity index (χ2v) is 6.29. The molecule has 0 unspecified atom stereocenters. The van der Waals surface area contributed by atoms with Crippen LogP contribution >= 0.6 is 0 Å². The number of carbonyl (C=O) groups is 1. The maximum absolute atomic E-state index is 11.1. The number of aliphatic hydroxyl groups is 1. The van der Waals surface area contributed by atoms with E-state index in [9.17, 15) is 9.90 Å². The zero-order valence-corrected chi connectivity index (χ0v) is 18.1. The topological polar surface area (TPSA) is 79.0 Å². The standard InChI is InChI=1S/C9H9NO2.C8H18N2O.C4H6.C2H6/c11-9-10(6-7-12-9)8-4-2-1-3-5-8;9-4-1-5-10-6-2-8(11)3-7-10;1-3-4-2;1-2/h1-5H,6-7H2;8,11H,1-7,9H2;3-4H,1-2H2;1-2H3. The molecule has 3 N–H and O–H groups in total. The molecule has 0 radical (unpaired) electrons. The molecule has 2 aliphatic rings. The van der Waals surface area contributed by atoms with Crippen LogP contribution in [0.4, 0.5) is 10.5 Å². The Morgan fingerprint density at radius 2 is 1.72 bits per heavy atom. The average Bonchev–Trinajstić information content (AvgIpc) is 3.22. The molecule has 2 saturated heterocycles. The summed E-state index contributed by atoms with van der Waals surface area (Å²) in [6, 6.07) is 9.52. The molecule has 3 rings (SSSR count). The Hall–Kier alpha value is -2.15. The molecule has 29 heavy (non-hydrogen) atoms. The van der Waals surface area contributed by atoms with Gasteiger partial charge in [-0.25, -0.2) is 4.79 Å². The van der Waals surface area contributed by atoms with Gasteiger partial charge in [-0.05, 0) is 44.5 Å². The lowest BCUT2D eigenvalue weighted by molar-refractivity contribution is 0.0824. The van der Waals surface area contributed by atoms with Crippen LogP contribution in [-0.4, -0.2) is 61.5 Å². The van der Waals surface area contributed by atoms with Crippen molar-refractivity contribution in [1.82, 2.24) is 4.90 Å². The van der Waals surface area contributed by atoms with E-state index in [-0.39, 0.29) is 12.2 Å². The molecule has 1 aromatic rings. The summed E-state index contributed by atoms with van der Waals surface area (Å²) >= 11 is 0. The average molecular weight is 406 g/mol. The van der Waals surface area contributed by atoms with E-state index in [1.54, 1.807) is 17.1 Å². The summed E-state index contributed by atoms with van der Waals surface area (Å²) in [5.74, 6) is 0. The molecule has 1 amide bonds. The number of carbonyl (C=O) groups excluding carboxylic acids is 1. The Balaban J connectivity index is 0.000000429. The maximum Gasteiger partial charge on any atom is 0.414 e. The number of allylic oxidation sites excluding steroid dienone is 2. The summed E-state index contributed by atoms with van der Waals surface area (Å²) < 4.78 is 4.81. The molecule has 0 aliphatic carbocycles. The molecule has 164 valence electrons. The highest BCUT2D eigenvalue weighted by atomic mass is 16.6. The number of ether oxygens (including phenoxy) is 1. The number of cyclic esters (lactones) is 1. The van der Waals surface area contributed by atoms with Crippen molar-refractivity contribution in [3.8, 4) is 0 Å². The fourth-order valence-electron chi connectivity index (χ4n) is 2.69. The van der Waals surface area contributed by atoms with Crippen molar-refractivity contribution >= 4 is 11.8 Å². The number of benzene rings is 1. The highest BCUT2D eigenvalue weighted by molar-refractivity contribution is 5.89. The number of para-hydroxylation sites is 1. The van der Waals surface area contributed by atoms with Gasteiger partial charge in [0.05, 0.1) is 12.6 Å². The Kier molecular flexibility index (Phi) is 16.6. The number of likely N-dealkylation sites (tertiary alicyclic amines) is 1. The second-order valence-electron chi connectivity index (χ2n) is 6.29. The molecule has 0 spiro atoms. The maximum atomic E-state index is 11.1. The number of aliphatic hydroxyl groups excluding tert-OH is 1. The van der Waals surface area contributed by atoms with Crippen LogP contribution in [0.15, 0.2) is 55.6 Å². The molecule has 0 atom stereocenters. The van der Waals surface area contributed by atoms with E-state index in [2.05, 4.69) is 18.1 Å². The van der Waals surface area contributed by atoms with Crippen molar-refractivity contribution in [2.45, 2.75) is 39.2 Å². The predicted molar refractivity (Wildman–Crippen MR) is 122 cm³/mol. The number of nitrogens with two attached hydrogens (primary N) is 1. The van der Waals surface area contributed by atoms with Crippen molar-refractivity contribution < 1.29 is 14.6 Å². The van der Waals surface area contributed by atoms with E-state index in [0.717, 1.165) is 51.1 Å². The quantitative estimate of drug-likeness (QED) is 0.728. The van der Waals surface area contributed by atoms with Crippen LogP contribution in [0.3, 0.4) is 0 Å². The first kappa shape index (κ1) is 26.9. The number of hydrogen-bond donors (Lipinski definition) is 2. The smallest absolute Gasteiger partial charge is 0.414 e. The first-order valence-corrected chi connectivity index (χ1v) is 10.5. The number of hydrogen-bond acceptors (Lipinski definition) is 5. The van der Waals surface area contributed by atoms with Crippen molar-refractivity contribution in [1.29, 1.82) is 0 Å². The van der Waals surface area contributed by atoms with Gasteiger partial charge in [-0.2, -0.15) is 0 Å². The third kappa shape index (κ3) is 12.1. The van der Waals surface area contributed by atoms with E-state index < -0.39 is 0 Å². The van der Waals surface area contributed by atoms with Gasteiger partial charge in [-0.15, -0.1) is 0 Å². The van der Waals surface area contributed by atoms with Crippen molar-refractivity contribution in [2.75, 3.05) is 44.2 Å². The van der Waals surface area contributed by atoms with Crippen LogP contribution in [-0.2, 0) is 4.74 Å². The largest absolute Gasteiger partial charge is 0.447 e. The molecule has 1 aromatic carbocycles. The minimum atomic E-state index is -0.249. The summed E-state index contributed by atoms with van der Waals surface area (Å²) in [4.78, 5) is 15.1. The van der Waals surface area contributed by atoms with Crippen molar-refractivity contribution in [2.24, 2.45) is 5.73 Å². The van der Waals surface area contributed by atoms with Gasteiger partial charge >= 0.3 is 6.09 Å². The summed E-state index contributed by atoms with van der Waals surface area (Å²) in [6.07, 6.45) is 5.93. The van der Waals surface area contributed by atoms with E-state index in [0.29, 0.717) is 13.2 Å². The fourth-order valence-corrected chi connectivity index (χ4v) is 2.69. The molecule has 2 heterocycles. The molecule has 0 bridgehead atoms. The lowest BCUT2D eigenvalue weighted by atomic mass is 10.1. The summed E-state index contributed by atoms with van der Waals surface area (Å²) in [5, 5.41) is 9.20. The highest BCUT2D eigenvalue weighted by Gasteiger charge is 2.22. The highest BCUT2D eigenvalue weighted by Crippen LogP contribution is 2.17. The van der Waals surface area contributed by atoms with Gasteiger partial charge in [0.25, 0.3) is 0 Å². The van der Waals surface area contributed by atoms with Gasteiger partial charge in [0, 0.05) is 18.8 Å². The number of amides is 1.